The minimum absolute atomic E-state index is 0.00983. The van der Waals surface area contributed by atoms with Gasteiger partial charge in [0, 0.05) is 12.1 Å². The van der Waals surface area contributed by atoms with E-state index >= 15 is 0 Å². The average molecular weight is 329 g/mol. The molecule has 0 bridgehead atoms. The predicted molar refractivity (Wildman–Crippen MR) is 84.1 cm³/mol. The van der Waals surface area contributed by atoms with Crippen LogP contribution in [-0.4, -0.2) is 28.6 Å². The number of amides is 1. The first kappa shape index (κ1) is 16.0. The Morgan fingerprint density at radius 2 is 1.88 bits per heavy atom. The highest BCUT2D eigenvalue weighted by Crippen LogP contribution is 2.26. The number of rotatable bonds is 3. The molecule has 1 heterocycles. The number of nitrogens with zero attached hydrogens (tertiary/aromatic N) is 1. The number of carbonyl (C=O) groups is 2. The van der Waals surface area contributed by atoms with Gasteiger partial charge in [-0.25, -0.2) is 14.0 Å². The van der Waals surface area contributed by atoms with Crippen LogP contribution in [0.4, 0.5) is 9.18 Å². The summed E-state index contributed by atoms with van der Waals surface area (Å²) in [6.45, 7) is 0.445. The van der Waals surface area contributed by atoms with Gasteiger partial charge >= 0.3 is 12.1 Å². The molecule has 0 spiro atoms. The molecule has 24 heavy (non-hydrogen) atoms. The van der Waals surface area contributed by atoms with Crippen LogP contribution in [0.15, 0.2) is 42.5 Å². The maximum Gasteiger partial charge on any atom is 0.410 e. The SMILES string of the molecule is O=C(O)c1ccc(F)c2c1CCN(C(=O)OCc1ccccc1)C2. The quantitative estimate of drug-likeness (QED) is 0.939. The van der Waals surface area contributed by atoms with Crippen molar-refractivity contribution in [3.05, 3.63) is 70.5 Å². The second-order valence-corrected chi connectivity index (χ2v) is 5.57. The number of carbonyl (C=O) groups excluding carboxylic acids is 1. The molecule has 0 saturated carbocycles. The number of carboxylic acid groups (broad SMARTS) is 1. The van der Waals surface area contributed by atoms with Crippen molar-refractivity contribution < 1.29 is 23.8 Å². The smallest absolute Gasteiger partial charge is 0.410 e. The summed E-state index contributed by atoms with van der Waals surface area (Å²) in [5.41, 5.74) is 1.65. The molecular weight excluding hydrogens is 313 g/mol. The third-order valence-corrected chi connectivity index (χ3v) is 4.05. The van der Waals surface area contributed by atoms with E-state index in [2.05, 4.69) is 0 Å². The summed E-state index contributed by atoms with van der Waals surface area (Å²) in [6.07, 6.45) is -0.251. The summed E-state index contributed by atoms with van der Waals surface area (Å²) in [6, 6.07) is 11.7. The van der Waals surface area contributed by atoms with Gasteiger partial charge in [0.15, 0.2) is 0 Å². The van der Waals surface area contributed by atoms with Crippen LogP contribution in [0.25, 0.3) is 0 Å². The fraction of sp³-hybridized carbons (Fsp3) is 0.222. The summed E-state index contributed by atoms with van der Waals surface area (Å²) in [7, 11) is 0. The molecule has 1 N–H and O–H groups in total. The van der Waals surface area contributed by atoms with Gasteiger partial charge in [0.1, 0.15) is 12.4 Å². The Morgan fingerprint density at radius 3 is 2.58 bits per heavy atom. The second-order valence-electron chi connectivity index (χ2n) is 5.57. The van der Waals surface area contributed by atoms with E-state index in [1.54, 1.807) is 0 Å². The highest BCUT2D eigenvalue weighted by Gasteiger charge is 2.27. The number of fused-ring (bicyclic) bond motifs is 1. The molecule has 0 radical (unpaired) electrons. The summed E-state index contributed by atoms with van der Waals surface area (Å²) in [4.78, 5) is 24.8. The molecule has 6 heteroatoms. The third kappa shape index (κ3) is 3.22. The van der Waals surface area contributed by atoms with Crippen molar-refractivity contribution in [1.82, 2.24) is 4.90 Å². The van der Waals surface area contributed by atoms with Crippen LogP contribution >= 0.6 is 0 Å². The number of benzene rings is 2. The van der Waals surface area contributed by atoms with E-state index in [9.17, 15) is 19.1 Å². The lowest BCUT2D eigenvalue weighted by atomic mass is 9.94. The molecular formula is C18H16FNO4. The van der Waals surface area contributed by atoms with Crippen LogP contribution < -0.4 is 0 Å². The van der Waals surface area contributed by atoms with Gasteiger partial charge in [0.2, 0.25) is 0 Å². The fourth-order valence-electron chi connectivity index (χ4n) is 2.80. The van der Waals surface area contributed by atoms with E-state index in [4.69, 9.17) is 4.74 Å². The number of aromatic carboxylic acids is 1. The molecule has 5 nitrogen and oxygen atoms in total. The van der Waals surface area contributed by atoms with Crippen LogP contribution in [0.1, 0.15) is 27.0 Å². The Balaban J connectivity index is 1.71. The zero-order valence-electron chi connectivity index (χ0n) is 12.9. The van der Waals surface area contributed by atoms with E-state index in [1.807, 2.05) is 30.3 Å². The molecule has 3 rings (SSSR count). The largest absolute Gasteiger partial charge is 0.478 e. The topological polar surface area (TPSA) is 66.8 Å². The molecule has 2 aromatic carbocycles. The predicted octanol–water partition coefficient (Wildman–Crippen LogP) is 3.22. The maximum absolute atomic E-state index is 14.0. The van der Waals surface area contributed by atoms with Crippen molar-refractivity contribution in [2.24, 2.45) is 0 Å². The van der Waals surface area contributed by atoms with Gasteiger partial charge in [-0.3, -0.25) is 0 Å². The third-order valence-electron chi connectivity index (χ3n) is 4.05. The van der Waals surface area contributed by atoms with Crippen LogP contribution in [-0.2, 0) is 24.3 Å². The molecule has 0 unspecified atom stereocenters. The molecule has 1 aliphatic heterocycles. The number of carboxylic acids is 1. The first-order valence-corrected chi connectivity index (χ1v) is 7.55. The van der Waals surface area contributed by atoms with E-state index in [1.165, 1.54) is 11.0 Å². The summed E-state index contributed by atoms with van der Waals surface area (Å²) >= 11 is 0. The van der Waals surface area contributed by atoms with Crippen molar-refractivity contribution in [2.45, 2.75) is 19.6 Å². The highest BCUT2D eigenvalue weighted by atomic mass is 19.1. The Bertz CT molecular complexity index is 776. The zero-order chi connectivity index (χ0) is 17.1. The van der Waals surface area contributed by atoms with Gasteiger partial charge < -0.3 is 14.7 Å². The molecule has 0 saturated heterocycles. The Kier molecular flexibility index (Phi) is 4.46. The average Bonchev–Trinajstić information content (AvgIpc) is 2.60. The summed E-state index contributed by atoms with van der Waals surface area (Å²) in [5, 5.41) is 9.19. The van der Waals surface area contributed by atoms with E-state index in [0.717, 1.165) is 11.6 Å². The molecule has 0 aliphatic carbocycles. The van der Waals surface area contributed by atoms with E-state index in [-0.39, 0.29) is 30.7 Å². The Labute approximate surface area is 138 Å². The van der Waals surface area contributed by atoms with Crippen molar-refractivity contribution >= 4 is 12.1 Å². The standard InChI is InChI=1S/C18H16FNO4/c19-16-7-6-14(17(21)22)13-8-9-20(10-15(13)16)18(23)24-11-12-4-2-1-3-5-12/h1-7H,8-11H2,(H,21,22). The van der Waals surface area contributed by atoms with Crippen molar-refractivity contribution in [1.29, 1.82) is 0 Å². The van der Waals surface area contributed by atoms with Gasteiger partial charge in [-0.2, -0.15) is 0 Å². The van der Waals surface area contributed by atoms with E-state index in [0.29, 0.717) is 12.1 Å². The molecule has 0 atom stereocenters. The summed E-state index contributed by atoms with van der Waals surface area (Å²) in [5.74, 6) is -1.60. The monoisotopic (exact) mass is 329 g/mol. The summed E-state index contributed by atoms with van der Waals surface area (Å²) < 4.78 is 19.3. The number of halogens is 1. The Hall–Kier alpha value is -2.89. The molecule has 0 aromatic heterocycles. The molecule has 124 valence electrons. The number of hydrogen-bond acceptors (Lipinski definition) is 3. The van der Waals surface area contributed by atoms with Gasteiger partial charge in [-0.05, 0) is 29.7 Å². The normalized spacial score (nSPS) is 13.3. The van der Waals surface area contributed by atoms with Crippen LogP contribution in [0.5, 0.6) is 0 Å². The van der Waals surface area contributed by atoms with Crippen LogP contribution in [0, 0.1) is 5.82 Å². The minimum atomic E-state index is -1.09. The van der Waals surface area contributed by atoms with E-state index < -0.39 is 17.9 Å². The van der Waals surface area contributed by atoms with Crippen LogP contribution in [0.3, 0.4) is 0 Å². The first-order valence-electron chi connectivity index (χ1n) is 7.55. The molecule has 1 amide bonds. The lowest BCUT2D eigenvalue weighted by Gasteiger charge is -2.29. The van der Waals surface area contributed by atoms with Gasteiger partial charge in [0.05, 0.1) is 12.1 Å². The van der Waals surface area contributed by atoms with Gasteiger partial charge in [0.25, 0.3) is 0 Å². The van der Waals surface area contributed by atoms with Crippen molar-refractivity contribution in [3.8, 4) is 0 Å². The molecule has 2 aromatic rings. The first-order chi connectivity index (χ1) is 11.6. The Morgan fingerprint density at radius 1 is 1.12 bits per heavy atom. The van der Waals surface area contributed by atoms with Crippen molar-refractivity contribution in [3.63, 3.8) is 0 Å². The molecule has 0 fully saturated rings. The number of ether oxygens (including phenoxy) is 1. The van der Waals surface area contributed by atoms with Crippen LogP contribution in [0.2, 0.25) is 0 Å². The van der Waals surface area contributed by atoms with Gasteiger partial charge in [-0.1, -0.05) is 30.3 Å². The minimum Gasteiger partial charge on any atom is -0.478 e. The maximum atomic E-state index is 14.0. The molecule has 1 aliphatic rings. The second kappa shape index (κ2) is 6.70. The highest BCUT2D eigenvalue weighted by molar-refractivity contribution is 5.90. The van der Waals surface area contributed by atoms with Gasteiger partial charge in [-0.15, -0.1) is 0 Å². The fourth-order valence-corrected chi connectivity index (χ4v) is 2.80. The lowest BCUT2D eigenvalue weighted by Crippen LogP contribution is -2.37. The zero-order valence-corrected chi connectivity index (χ0v) is 12.9. The van der Waals surface area contributed by atoms with Crippen molar-refractivity contribution in [2.75, 3.05) is 6.54 Å². The number of hydrogen-bond donors (Lipinski definition) is 1. The lowest BCUT2D eigenvalue weighted by molar-refractivity contribution is 0.0694.